The zero-order valence-corrected chi connectivity index (χ0v) is 26.3. The molecular formula is C31H36ClN3O8S. The van der Waals surface area contributed by atoms with E-state index in [0.717, 1.165) is 16.4 Å². The van der Waals surface area contributed by atoms with Crippen LogP contribution in [0.2, 0.25) is 5.02 Å². The molecular weight excluding hydrogens is 610 g/mol. The predicted octanol–water partition coefficient (Wildman–Crippen LogP) is 4.77. The lowest BCUT2D eigenvalue weighted by Gasteiger charge is -2.38. The number of halogens is 1. The van der Waals surface area contributed by atoms with E-state index < -0.39 is 32.5 Å². The summed E-state index contributed by atoms with van der Waals surface area (Å²) < 4.78 is 39.9. The van der Waals surface area contributed by atoms with Crippen LogP contribution in [0.5, 0.6) is 5.75 Å². The molecule has 0 saturated carbocycles. The Morgan fingerprint density at radius 2 is 1.84 bits per heavy atom. The van der Waals surface area contributed by atoms with E-state index >= 15 is 0 Å². The number of hydrogen-bond acceptors (Lipinski definition) is 8. The molecule has 1 aliphatic heterocycles. The molecule has 1 aliphatic rings. The number of ether oxygens (including phenoxy) is 2. The number of rotatable bonds is 13. The van der Waals surface area contributed by atoms with Gasteiger partial charge in [0.15, 0.2) is 0 Å². The fourth-order valence-corrected chi connectivity index (χ4v) is 6.78. The highest BCUT2D eigenvalue weighted by Crippen LogP contribution is 2.30. The summed E-state index contributed by atoms with van der Waals surface area (Å²) in [4.78, 5) is 24.0. The molecule has 1 heterocycles. The average molecular weight is 646 g/mol. The number of carbonyl (C=O) groups excluding carboxylic acids is 1. The Hall–Kier alpha value is -3.55. The largest absolute Gasteiger partial charge is 0.488 e. The number of amides is 1. The highest BCUT2D eigenvalue weighted by Gasteiger charge is 2.40. The maximum absolute atomic E-state index is 13.7. The monoisotopic (exact) mass is 645 g/mol. The summed E-state index contributed by atoms with van der Waals surface area (Å²) in [6, 6.07) is 18.0. The van der Waals surface area contributed by atoms with Gasteiger partial charge in [-0.15, -0.1) is 0 Å². The first-order chi connectivity index (χ1) is 20.8. The smallest absolute Gasteiger partial charge is 0.269 e. The fourth-order valence-electron chi connectivity index (χ4n) is 4.94. The molecule has 4 rings (SSSR count). The van der Waals surface area contributed by atoms with Crippen LogP contribution < -0.4 is 10.1 Å². The summed E-state index contributed by atoms with van der Waals surface area (Å²) in [5.74, 6) is -0.279. The molecule has 0 spiro atoms. The summed E-state index contributed by atoms with van der Waals surface area (Å²) in [5, 5.41) is 26.1. The molecule has 236 valence electrons. The van der Waals surface area contributed by atoms with Gasteiger partial charge in [0.05, 0.1) is 34.7 Å². The molecule has 1 saturated heterocycles. The Kier molecular flexibility index (Phi) is 10.6. The molecule has 3 aromatic rings. The van der Waals surface area contributed by atoms with Crippen molar-refractivity contribution >= 4 is 33.2 Å². The van der Waals surface area contributed by atoms with Gasteiger partial charge in [-0.25, -0.2) is 8.42 Å². The average Bonchev–Trinajstić information content (AvgIpc) is 3.49. The molecule has 2 N–H and O–H groups in total. The summed E-state index contributed by atoms with van der Waals surface area (Å²) in [6.45, 7) is 5.97. The maximum Gasteiger partial charge on any atom is 0.269 e. The quantitative estimate of drug-likeness (QED) is 0.200. The standard InChI is InChI=1S/C31H36ClN3O8S/c1-21(2)18-34(44(40,41)28-11-9-25(10-12-28)35(38)39)19-29(36)31(3,23-7-5-4-6-8-23)33-30(37)22-15-24(32)17-27(16-22)43-26-13-14-42-20-26/h4-12,15-17,21,26,29,36H,13-14,18-20H2,1-3H3,(H,33,37)/t26-,29+,31-/m0/s1. The van der Waals surface area contributed by atoms with Crippen molar-refractivity contribution in [3.63, 3.8) is 0 Å². The van der Waals surface area contributed by atoms with Gasteiger partial charge in [-0.2, -0.15) is 4.31 Å². The number of nitro groups is 1. The fraction of sp³-hybridized carbons (Fsp3) is 0.387. The summed E-state index contributed by atoms with van der Waals surface area (Å²) in [5.41, 5.74) is -0.968. The van der Waals surface area contributed by atoms with E-state index in [1.807, 2.05) is 13.8 Å². The van der Waals surface area contributed by atoms with Gasteiger partial charge in [0.25, 0.3) is 11.6 Å². The lowest BCUT2D eigenvalue weighted by Crippen LogP contribution is -2.56. The van der Waals surface area contributed by atoms with Crippen LogP contribution in [0.3, 0.4) is 0 Å². The molecule has 0 radical (unpaired) electrons. The van der Waals surface area contributed by atoms with E-state index in [1.54, 1.807) is 49.4 Å². The molecule has 3 aromatic carbocycles. The van der Waals surface area contributed by atoms with Crippen molar-refractivity contribution in [2.24, 2.45) is 5.92 Å². The molecule has 13 heteroatoms. The molecule has 3 atom stereocenters. The Labute approximate surface area is 261 Å². The van der Waals surface area contributed by atoms with Crippen LogP contribution in [0.15, 0.2) is 77.7 Å². The minimum absolute atomic E-state index is 0.0507. The SMILES string of the molecule is CC(C)CN(C[C@@H](O)[C@@](C)(NC(=O)c1cc(Cl)cc(O[C@H]2CCOC2)c1)c1ccccc1)S(=O)(=O)c1ccc([N+](=O)[O-])cc1. The Morgan fingerprint density at radius 3 is 2.43 bits per heavy atom. The van der Waals surface area contributed by atoms with Crippen LogP contribution in [0.4, 0.5) is 5.69 Å². The van der Waals surface area contributed by atoms with Crippen molar-refractivity contribution in [2.45, 2.75) is 49.8 Å². The number of aliphatic hydroxyl groups is 1. The lowest BCUT2D eigenvalue weighted by atomic mass is 9.85. The van der Waals surface area contributed by atoms with Crippen LogP contribution in [0.25, 0.3) is 0 Å². The molecule has 1 amide bonds. The van der Waals surface area contributed by atoms with Gasteiger partial charge in [-0.3, -0.25) is 14.9 Å². The second-order valence-corrected chi connectivity index (χ2v) is 13.7. The number of non-ortho nitro benzene ring substituents is 1. The van der Waals surface area contributed by atoms with Crippen LogP contribution in [0.1, 0.15) is 43.1 Å². The van der Waals surface area contributed by atoms with Gasteiger partial charge >= 0.3 is 0 Å². The summed E-state index contributed by atoms with van der Waals surface area (Å²) in [6.07, 6.45) is -0.876. The molecule has 0 bridgehead atoms. The van der Waals surface area contributed by atoms with Crippen LogP contribution in [-0.2, 0) is 20.3 Å². The van der Waals surface area contributed by atoms with Gasteiger partial charge in [0.2, 0.25) is 10.0 Å². The van der Waals surface area contributed by atoms with E-state index in [1.165, 1.54) is 18.2 Å². The lowest BCUT2D eigenvalue weighted by molar-refractivity contribution is -0.384. The third kappa shape index (κ3) is 7.93. The maximum atomic E-state index is 13.7. The van der Waals surface area contributed by atoms with E-state index in [0.29, 0.717) is 30.9 Å². The first-order valence-corrected chi connectivity index (χ1v) is 16.0. The van der Waals surface area contributed by atoms with Gasteiger partial charge in [0.1, 0.15) is 11.9 Å². The zero-order valence-electron chi connectivity index (χ0n) is 24.7. The number of nitrogens with one attached hydrogen (secondary N) is 1. The first-order valence-electron chi connectivity index (χ1n) is 14.2. The number of nitrogens with zero attached hydrogens (tertiary/aromatic N) is 2. The summed E-state index contributed by atoms with van der Waals surface area (Å²) in [7, 11) is -4.19. The minimum Gasteiger partial charge on any atom is -0.488 e. The first kappa shape index (κ1) is 33.3. The van der Waals surface area contributed by atoms with E-state index in [-0.39, 0.29) is 46.3 Å². The molecule has 0 unspecified atom stereocenters. The molecule has 1 fully saturated rings. The normalized spacial score (nSPS) is 17.3. The highest BCUT2D eigenvalue weighted by atomic mass is 35.5. The Balaban J connectivity index is 1.65. The topological polar surface area (TPSA) is 148 Å². The molecule has 0 aromatic heterocycles. The van der Waals surface area contributed by atoms with Crippen molar-refractivity contribution in [1.29, 1.82) is 0 Å². The van der Waals surface area contributed by atoms with E-state index in [4.69, 9.17) is 21.1 Å². The van der Waals surface area contributed by atoms with Gasteiger partial charge in [0, 0.05) is 42.2 Å². The zero-order chi connectivity index (χ0) is 32.1. The van der Waals surface area contributed by atoms with E-state index in [2.05, 4.69) is 5.32 Å². The highest BCUT2D eigenvalue weighted by molar-refractivity contribution is 7.89. The van der Waals surface area contributed by atoms with Crippen molar-refractivity contribution in [1.82, 2.24) is 9.62 Å². The summed E-state index contributed by atoms with van der Waals surface area (Å²) >= 11 is 6.33. The van der Waals surface area contributed by atoms with Crippen molar-refractivity contribution in [3.05, 3.63) is 99.1 Å². The number of benzene rings is 3. The van der Waals surface area contributed by atoms with Gasteiger partial charge < -0.3 is 19.9 Å². The molecule has 11 nitrogen and oxygen atoms in total. The predicted molar refractivity (Wildman–Crippen MR) is 165 cm³/mol. The second kappa shape index (κ2) is 14.0. The van der Waals surface area contributed by atoms with Crippen LogP contribution in [-0.4, -0.2) is 67.2 Å². The third-order valence-corrected chi connectivity index (χ3v) is 9.43. The number of carbonyl (C=O) groups is 1. The minimum atomic E-state index is -4.19. The molecule has 0 aliphatic carbocycles. The van der Waals surface area contributed by atoms with Crippen molar-refractivity contribution in [2.75, 3.05) is 26.3 Å². The molecule has 44 heavy (non-hydrogen) atoms. The van der Waals surface area contributed by atoms with Crippen molar-refractivity contribution < 1.29 is 32.7 Å². The Morgan fingerprint density at radius 1 is 1.16 bits per heavy atom. The van der Waals surface area contributed by atoms with Crippen LogP contribution in [0, 0.1) is 16.0 Å². The second-order valence-electron chi connectivity index (χ2n) is 11.3. The van der Waals surface area contributed by atoms with Crippen LogP contribution >= 0.6 is 11.6 Å². The number of sulfonamides is 1. The van der Waals surface area contributed by atoms with Gasteiger partial charge in [-0.05, 0) is 48.7 Å². The van der Waals surface area contributed by atoms with Gasteiger partial charge in [-0.1, -0.05) is 55.8 Å². The number of aliphatic hydroxyl groups excluding tert-OH is 1. The van der Waals surface area contributed by atoms with E-state index in [9.17, 15) is 28.4 Å². The number of nitro benzene ring substituents is 1. The number of hydrogen-bond donors (Lipinski definition) is 2. The Bertz CT molecular complexity index is 1560. The third-order valence-electron chi connectivity index (χ3n) is 7.37. The van der Waals surface area contributed by atoms with Crippen molar-refractivity contribution in [3.8, 4) is 5.75 Å².